The Hall–Kier alpha value is -0.790. The van der Waals surface area contributed by atoms with Gasteiger partial charge in [0.1, 0.15) is 0 Å². The summed E-state index contributed by atoms with van der Waals surface area (Å²) in [6.45, 7) is 8.24. The van der Waals surface area contributed by atoms with Gasteiger partial charge in [-0.05, 0) is 50.8 Å². The van der Waals surface area contributed by atoms with Gasteiger partial charge in [-0.1, -0.05) is 29.8 Å². The average molecular weight is 265 g/mol. The first-order chi connectivity index (χ1) is 8.55. The van der Waals surface area contributed by atoms with Crippen molar-refractivity contribution in [3.8, 4) is 0 Å². The zero-order valence-electron chi connectivity index (χ0n) is 11.2. The van der Waals surface area contributed by atoms with Crippen LogP contribution in [0.3, 0.4) is 0 Å². The van der Waals surface area contributed by atoms with Crippen LogP contribution in [0, 0.1) is 0 Å². The molecule has 3 atom stereocenters. The molecule has 0 aromatic heterocycles. The van der Waals surface area contributed by atoms with E-state index in [0.29, 0.717) is 12.2 Å². The van der Waals surface area contributed by atoms with Gasteiger partial charge in [-0.3, -0.25) is 0 Å². The standard InChI is InChI=1S/C16H21ClO/c1-4-9-16(10-12(2)18-13(3)11-16)14-5-7-15(17)8-6-14/h4-8,12-13H,1,9-11H2,2-3H3/t12-,13+,16-. The van der Waals surface area contributed by atoms with Gasteiger partial charge in [0.25, 0.3) is 0 Å². The van der Waals surface area contributed by atoms with E-state index >= 15 is 0 Å². The molecule has 1 fully saturated rings. The smallest absolute Gasteiger partial charge is 0.0559 e. The van der Waals surface area contributed by atoms with E-state index in [2.05, 4.69) is 32.6 Å². The Bertz CT molecular complexity index is 400. The lowest BCUT2D eigenvalue weighted by Gasteiger charge is -2.43. The molecule has 0 amide bonds. The second-order valence-corrected chi connectivity index (χ2v) is 5.88. The van der Waals surface area contributed by atoms with Crippen molar-refractivity contribution in [3.63, 3.8) is 0 Å². The summed E-state index contributed by atoms with van der Waals surface area (Å²) < 4.78 is 5.87. The number of allylic oxidation sites excluding steroid dienone is 1. The van der Waals surface area contributed by atoms with E-state index in [4.69, 9.17) is 16.3 Å². The third-order valence-electron chi connectivity index (χ3n) is 3.81. The van der Waals surface area contributed by atoms with Crippen LogP contribution in [0.5, 0.6) is 0 Å². The molecule has 0 spiro atoms. The molecule has 1 heterocycles. The number of hydrogen-bond acceptors (Lipinski definition) is 1. The molecular weight excluding hydrogens is 244 g/mol. The van der Waals surface area contributed by atoms with Crippen LogP contribution in [0.25, 0.3) is 0 Å². The Morgan fingerprint density at radius 3 is 2.33 bits per heavy atom. The fourth-order valence-corrected chi connectivity index (χ4v) is 3.40. The highest BCUT2D eigenvalue weighted by Gasteiger charge is 2.38. The number of benzene rings is 1. The Kier molecular flexibility index (Phi) is 4.14. The molecule has 0 unspecified atom stereocenters. The maximum absolute atomic E-state index is 5.99. The monoisotopic (exact) mass is 264 g/mol. The maximum atomic E-state index is 5.99. The zero-order chi connectivity index (χ0) is 13.2. The van der Waals surface area contributed by atoms with Gasteiger partial charge < -0.3 is 4.74 Å². The molecule has 0 saturated carbocycles. The third-order valence-corrected chi connectivity index (χ3v) is 4.06. The summed E-state index contributed by atoms with van der Waals surface area (Å²) in [5, 5.41) is 0.792. The van der Waals surface area contributed by atoms with E-state index in [-0.39, 0.29) is 5.41 Å². The Morgan fingerprint density at radius 2 is 1.83 bits per heavy atom. The van der Waals surface area contributed by atoms with Crippen LogP contribution in [0.1, 0.15) is 38.7 Å². The van der Waals surface area contributed by atoms with Crippen LogP contribution in [0.15, 0.2) is 36.9 Å². The molecule has 0 aliphatic carbocycles. The Balaban J connectivity index is 2.36. The first-order valence-corrected chi connectivity index (χ1v) is 6.96. The summed E-state index contributed by atoms with van der Waals surface area (Å²) in [7, 11) is 0. The van der Waals surface area contributed by atoms with Crippen LogP contribution < -0.4 is 0 Å². The highest BCUT2D eigenvalue weighted by atomic mass is 35.5. The first kappa shape index (κ1) is 13.6. The van der Waals surface area contributed by atoms with Crippen molar-refractivity contribution in [1.29, 1.82) is 0 Å². The van der Waals surface area contributed by atoms with Gasteiger partial charge in [0.05, 0.1) is 12.2 Å². The molecule has 1 aromatic rings. The summed E-state index contributed by atoms with van der Waals surface area (Å²) in [5.41, 5.74) is 1.51. The zero-order valence-corrected chi connectivity index (χ0v) is 11.9. The molecular formula is C16H21ClO. The van der Waals surface area contributed by atoms with Gasteiger partial charge in [-0.2, -0.15) is 0 Å². The van der Waals surface area contributed by atoms with Gasteiger partial charge in [-0.25, -0.2) is 0 Å². The van der Waals surface area contributed by atoms with Crippen molar-refractivity contribution in [3.05, 3.63) is 47.5 Å². The molecule has 1 aliphatic rings. The maximum Gasteiger partial charge on any atom is 0.0559 e. The van der Waals surface area contributed by atoms with Gasteiger partial charge in [-0.15, -0.1) is 6.58 Å². The van der Waals surface area contributed by atoms with Crippen LogP contribution in [-0.2, 0) is 10.2 Å². The number of hydrogen-bond donors (Lipinski definition) is 0. The molecule has 1 aliphatic heterocycles. The second kappa shape index (κ2) is 5.46. The fraction of sp³-hybridized carbons (Fsp3) is 0.500. The fourth-order valence-electron chi connectivity index (χ4n) is 3.28. The Labute approximate surface area is 115 Å². The predicted molar refractivity (Wildman–Crippen MR) is 77.2 cm³/mol. The molecule has 0 radical (unpaired) electrons. The number of ether oxygens (including phenoxy) is 1. The van der Waals surface area contributed by atoms with Crippen LogP contribution in [-0.4, -0.2) is 12.2 Å². The van der Waals surface area contributed by atoms with Gasteiger partial charge in [0.15, 0.2) is 0 Å². The summed E-state index contributed by atoms with van der Waals surface area (Å²) in [6.07, 6.45) is 5.70. The average Bonchev–Trinajstić information content (AvgIpc) is 2.28. The molecule has 2 rings (SSSR count). The second-order valence-electron chi connectivity index (χ2n) is 5.45. The SMILES string of the molecule is C=CC[C@@]1(c2ccc(Cl)cc2)C[C@@H](C)O[C@@H](C)C1. The highest BCUT2D eigenvalue weighted by molar-refractivity contribution is 6.30. The molecule has 98 valence electrons. The summed E-state index contributed by atoms with van der Waals surface area (Å²) in [6, 6.07) is 8.26. The van der Waals surface area contributed by atoms with E-state index in [9.17, 15) is 0 Å². The lowest BCUT2D eigenvalue weighted by molar-refractivity contribution is -0.0625. The summed E-state index contributed by atoms with van der Waals surface area (Å²) in [5.74, 6) is 0. The van der Waals surface area contributed by atoms with Gasteiger partial charge in [0, 0.05) is 10.4 Å². The molecule has 2 heteroatoms. The van der Waals surface area contributed by atoms with Crippen molar-refractivity contribution in [2.24, 2.45) is 0 Å². The summed E-state index contributed by atoms with van der Waals surface area (Å²) >= 11 is 5.99. The molecule has 1 aromatic carbocycles. The third kappa shape index (κ3) is 2.78. The first-order valence-electron chi connectivity index (χ1n) is 6.58. The van der Waals surface area contributed by atoms with Crippen molar-refractivity contribution < 1.29 is 4.74 Å². The Morgan fingerprint density at radius 1 is 1.28 bits per heavy atom. The molecule has 18 heavy (non-hydrogen) atoms. The molecule has 1 saturated heterocycles. The topological polar surface area (TPSA) is 9.23 Å². The quantitative estimate of drug-likeness (QED) is 0.717. The minimum Gasteiger partial charge on any atom is -0.376 e. The van der Waals surface area contributed by atoms with Crippen LogP contribution >= 0.6 is 11.6 Å². The lowest BCUT2D eigenvalue weighted by atomic mass is 9.68. The molecule has 1 nitrogen and oxygen atoms in total. The van der Waals surface area contributed by atoms with Gasteiger partial charge >= 0.3 is 0 Å². The minimum absolute atomic E-state index is 0.156. The van der Waals surface area contributed by atoms with Crippen molar-refractivity contribution in [2.45, 2.75) is 50.7 Å². The predicted octanol–water partition coefficient (Wildman–Crippen LogP) is 4.74. The van der Waals surface area contributed by atoms with E-state index < -0.39 is 0 Å². The summed E-state index contributed by atoms with van der Waals surface area (Å²) in [4.78, 5) is 0. The largest absolute Gasteiger partial charge is 0.376 e. The molecule has 0 N–H and O–H groups in total. The number of rotatable bonds is 3. The van der Waals surface area contributed by atoms with E-state index in [1.165, 1.54) is 5.56 Å². The lowest BCUT2D eigenvalue weighted by Crippen LogP contribution is -2.41. The minimum atomic E-state index is 0.156. The number of halogens is 1. The van der Waals surface area contributed by atoms with Crippen LogP contribution in [0.4, 0.5) is 0 Å². The van der Waals surface area contributed by atoms with E-state index in [0.717, 1.165) is 24.3 Å². The highest BCUT2D eigenvalue weighted by Crippen LogP contribution is 2.42. The van der Waals surface area contributed by atoms with Crippen molar-refractivity contribution in [1.82, 2.24) is 0 Å². The van der Waals surface area contributed by atoms with E-state index in [1.807, 2.05) is 18.2 Å². The van der Waals surface area contributed by atoms with Crippen molar-refractivity contribution in [2.75, 3.05) is 0 Å². The molecule has 0 bridgehead atoms. The van der Waals surface area contributed by atoms with Crippen molar-refractivity contribution >= 4 is 11.6 Å². The normalized spacial score (nSPS) is 32.2. The van der Waals surface area contributed by atoms with E-state index in [1.54, 1.807) is 0 Å². The van der Waals surface area contributed by atoms with Crippen LogP contribution in [0.2, 0.25) is 5.02 Å². The van der Waals surface area contributed by atoms with Gasteiger partial charge in [0.2, 0.25) is 0 Å².